The second-order valence-electron chi connectivity index (χ2n) is 3.20. The topological polar surface area (TPSA) is 9.23 Å². The summed E-state index contributed by atoms with van der Waals surface area (Å²) in [5.41, 5.74) is 1.23. The molecule has 1 aromatic carbocycles. The monoisotopic (exact) mass is 304 g/mol. The van der Waals surface area contributed by atoms with Gasteiger partial charge in [-0.15, -0.1) is 0 Å². The first-order valence-electron chi connectivity index (χ1n) is 4.30. The maximum Gasteiger partial charge on any atom is 0.120 e. The molecule has 1 fully saturated rings. The van der Waals surface area contributed by atoms with E-state index >= 15 is 0 Å². The van der Waals surface area contributed by atoms with Crippen LogP contribution in [0.4, 0.5) is 0 Å². The number of hydrogen-bond acceptors (Lipinski definition) is 1. The fraction of sp³-hybridized carbons (Fsp3) is 0.400. The molecule has 3 heteroatoms. The maximum atomic E-state index is 5.68. The SMILES string of the molecule is BrCc1cc(OC2CC2)ccc1Br. The van der Waals surface area contributed by atoms with Crippen LogP contribution in [0.25, 0.3) is 0 Å². The van der Waals surface area contributed by atoms with E-state index in [-0.39, 0.29) is 0 Å². The van der Waals surface area contributed by atoms with Gasteiger partial charge in [0.05, 0.1) is 6.10 Å². The Morgan fingerprint density at radius 1 is 1.38 bits per heavy atom. The highest BCUT2D eigenvalue weighted by atomic mass is 79.9. The van der Waals surface area contributed by atoms with E-state index in [1.54, 1.807) is 0 Å². The zero-order valence-corrected chi connectivity index (χ0v) is 10.3. The number of rotatable bonds is 3. The molecule has 0 radical (unpaired) electrons. The van der Waals surface area contributed by atoms with Crippen LogP contribution in [0.1, 0.15) is 18.4 Å². The van der Waals surface area contributed by atoms with Crippen LogP contribution in [0, 0.1) is 0 Å². The predicted molar refractivity (Wildman–Crippen MR) is 60.4 cm³/mol. The van der Waals surface area contributed by atoms with E-state index in [2.05, 4.69) is 37.9 Å². The van der Waals surface area contributed by atoms with Crippen LogP contribution >= 0.6 is 31.9 Å². The molecule has 0 saturated heterocycles. The number of hydrogen-bond donors (Lipinski definition) is 0. The lowest BCUT2D eigenvalue weighted by molar-refractivity contribution is 0.303. The minimum absolute atomic E-state index is 0.476. The third-order valence-corrected chi connectivity index (χ3v) is 3.37. The molecule has 0 N–H and O–H groups in total. The van der Waals surface area contributed by atoms with Crippen molar-refractivity contribution in [2.75, 3.05) is 0 Å². The minimum Gasteiger partial charge on any atom is -0.490 e. The Balaban J connectivity index is 2.16. The smallest absolute Gasteiger partial charge is 0.120 e. The van der Waals surface area contributed by atoms with Gasteiger partial charge in [0.1, 0.15) is 5.75 Å². The summed E-state index contributed by atoms with van der Waals surface area (Å²) >= 11 is 6.93. The standard InChI is InChI=1S/C10H10Br2O/c11-6-7-5-9(3-4-10(7)12)13-8-1-2-8/h3-5,8H,1-2,6H2. The molecule has 1 saturated carbocycles. The van der Waals surface area contributed by atoms with Crippen molar-refractivity contribution < 1.29 is 4.74 Å². The first-order chi connectivity index (χ1) is 6.29. The lowest BCUT2D eigenvalue weighted by atomic mass is 10.2. The van der Waals surface area contributed by atoms with E-state index in [1.807, 2.05) is 12.1 Å². The molecule has 70 valence electrons. The number of benzene rings is 1. The Labute approximate surface area is 94.7 Å². The van der Waals surface area contributed by atoms with Crippen LogP contribution in [-0.4, -0.2) is 6.10 Å². The highest BCUT2D eigenvalue weighted by Crippen LogP contribution is 2.30. The van der Waals surface area contributed by atoms with Crippen molar-refractivity contribution in [2.24, 2.45) is 0 Å². The molecule has 0 amide bonds. The lowest BCUT2D eigenvalue weighted by Gasteiger charge is -2.06. The predicted octanol–water partition coefficient (Wildman–Crippen LogP) is 3.89. The van der Waals surface area contributed by atoms with Gasteiger partial charge in [-0.3, -0.25) is 0 Å². The second kappa shape index (κ2) is 4.01. The molecule has 0 aromatic heterocycles. The first kappa shape index (κ1) is 9.53. The van der Waals surface area contributed by atoms with Gasteiger partial charge >= 0.3 is 0 Å². The second-order valence-corrected chi connectivity index (χ2v) is 4.62. The van der Waals surface area contributed by atoms with Crippen molar-refractivity contribution in [2.45, 2.75) is 24.3 Å². The van der Waals surface area contributed by atoms with Gasteiger partial charge in [0.15, 0.2) is 0 Å². The van der Waals surface area contributed by atoms with E-state index in [0.717, 1.165) is 15.6 Å². The highest BCUT2D eigenvalue weighted by molar-refractivity contribution is 9.10. The minimum atomic E-state index is 0.476. The van der Waals surface area contributed by atoms with Crippen LogP contribution in [0.5, 0.6) is 5.75 Å². The molecule has 0 atom stereocenters. The summed E-state index contributed by atoms with van der Waals surface area (Å²) in [6, 6.07) is 6.13. The third kappa shape index (κ3) is 2.47. The Bertz CT molecular complexity index is 308. The van der Waals surface area contributed by atoms with Gasteiger partial charge in [-0.05, 0) is 36.6 Å². The molecular weight excluding hydrogens is 296 g/mol. The Hall–Kier alpha value is -0.0200. The fourth-order valence-corrected chi connectivity index (χ4v) is 2.33. The van der Waals surface area contributed by atoms with Gasteiger partial charge in [0.25, 0.3) is 0 Å². The van der Waals surface area contributed by atoms with Crippen LogP contribution in [-0.2, 0) is 5.33 Å². The Morgan fingerprint density at radius 3 is 2.77 bits per heavy atom. The largest absolute Gasteiger partial charge is 0.490 e. The van der Waals surface area contributed by atoms with Gasteiger partial charge in [0.2, 0.25) is 0 Å². The van der Waals surface area contributed by atoms with E-state index in [4.69, 9.17) is 4.74 Å². The Kier molecular flexibility index (Phi) is 2.94. The molecule has 1 aliphatic rings. The normalized spacial score (nSPS) is 15.8. The molecule has 1 nitrogen and oxygen atoms in total. The van der Waals surface area contributed by atoms with Crippen LogP contribution < -0.4 is 4.74 Å². The zero-order chi connectivity index (χ0) is 9.26. The molecule has 0 bridgehead atoms. The van der Waals surface area contributed by atoms with E-state index in [0.29, 0.717) is 6.10 Å². The molecular formula is C10H10Br2O. The van der Waals surface area contributed by atoms with Crippen molar-refractivity contribution in [1.82, 2.24) is 0 Å². The number of ether oxygens (including phenoxy) is 1. The number of halogens is 2. The molecule has 0 unspecified atom stereocenters. The van der Waals surface area contributed by atoms with E-state index < -0.39 is 0 Å². The van der Waals surface area contributed by atoms with Gasteiger partial charge < -0.3 is 4.74 Å². The molecule has 1 aromatic rings. The molecule has 0 heterocycles. The molecule has 2 rings (SSSR count). The van der Waals surface area contributed by atoms with Crippen LogP contribution in [0.3, 0.4) is 0 Å². The fourth-order valence-electron chi connectivity index (χ4n) is 1.11. The summed E-state index contributed by atoms with van der Waals surface area (Å²) in [5.74, 6) is 0.986. The summed E-state index contributed by atoms with van der Waals surface area (Å²) in [7, 11) is 0. The van der Waals surface area contributed by atoms with E-state index in [1.165, 1.54) is 18.4 Å². The summed E-state index contributed by atoms with van der Waals surface area (Å²) in [4.78, 5) is 0. The van der Waals surface area contributed by atoms with Crippen LogP contribution in [0.2, 0.25) is 0 Å². The first-order valence-corrected chi connectivity index (χ1v) is 6.22. The molecule has 0 spiro atoms. The van der Waals surface area contributed by atoms with Crippen molar-refractivity contribution in [3.8, 4) is 5.75 Å². The number of alkyl halides is 1. The molecule has 13 heavy (non-hydrogen) atoms. The third-order valence-electron chi connectivity index (χ3n) is 1.99. The summed E-state index contributed by atoms with van der Waals surface area (Å²) in [6.07, 6.45) is 2.89. The molecule has 1 aliphatic carbocycles. The summed E-state index contributed by atoms with van der Waals surface area (Å²) in [6.45, 7) is 0. The van der Waals surface area contributed by atoms with Crippen molar-refractivity contribution >= 4 is 31.9 Å². The van der Waals surface area contributed by atoms with E-state index in [9.17, 15) is 0 Å². The summed E-state index contributed by atoms with van der Waals surface area (Å²) in [5, 5.41) is 0.857. The van der Waals surface area contributed by atoms with Gasteiger partial charge in [-0.25, -0.2) is 0 Å². The molecule has 0 aliphatic heterocycles. The quantitative estimate of drug-likeness (QED) is 0.770. The average molecular weight is 306 g/mol. The highest BCUT2D eigenvalue weighted by Gasteiger charge is 2.23. The summed E-state index contributed by atoms with van der Waals surface area (Å²) < 4.78 is 6.81. The van der Waals surface area contributed by atoms with Crippen LogP contribution in [0.15, 0.2) is 22.7 Å². The van der Waals surface area contributed by atoms with Crippen molar-refractivity contribution in [3.05, 3.63) is 28.2 Å². The van der Waals surface area contributed by atoms with Gasteiger partial charge in [-0.2, -0.15) is 0 Å². The van der Waals surface area contributed by atoms with Crippen molar-refractivity contribution in [3.63, 3.8) is 0 Å². The zero-order valence-electron chi connectivity index (χ0n) is 7.09. The average Bonchev–Trinajstić information content (AvgIpc) is 2.92. The van der Waals surface area contributed by atoms with Gasteiger partial charge in [-0.1, -0.05) is 31.9 Å². The maximum absolute atomic E-state index is 5.68. The van der Waals surface area contributed by atoms with Gasteiger partial charge in [0, 0.05) is 9.80 Å². The van der Waals surface area contributed by atoms with Crippen molar-refractivity contribution in [1.29, 1.82) is 0 Å². The Morgan fingerprint density at radius 2 is 2.15 bits per heavy atom. The lowest BCUT2D eigenvalue weighted by Crippen LogP contribution is -1.96.